The standard InChI is InChI=1S/C19H22O9/c1-7-3-10(22)14(19-16(26)15(25)17(28-19)12(24)6-20)18-13(7)11(23)5-9(27-18)4-8(2)21/h3,5,12,15-17,19-20,22,24-26H,4,6H2,1-2H3/t12-,15-,16-,17-,19-/m1/s1. The van der Waals surface area contributed by atoms with Crippen LogP contribution in [-0.4, -0.2) is 62.3 Å². The van der Waals surface area contributed by atoms with Crippen LogP contribution >= 0.6 is 0 Å². The number of benzene rings is 1. The molecule has 0 radical (unpaired) electrons. The van der Waals surface area contributed by atoms with E-state index in [1.165, 1.54) is 19.1 Å². The summed E-state index contributed by atoms with van der Waals surface area (Å²) in [4.78, 5) is 24.0. The van der Waals surface area contributed by atoms with Crippen LogP contribution < -0.4 is 5.43 Å². The van der Waals surface area contributed by atoms with E-state index in [0.29, 0.717) is 5.56 Å². The Balaban J connectivity index is 2.21. The third-order valence-corrected chi connectivity index (χ3v) is 4.84. The Hall–Kier alpha value is -2.30. The number of carbonyl (C=O) groups excluding carboxylic acids is 1. The average Bonchev–Trinajstić information content (AvgIpc) is 2.88. The summed E-state index contributed by atoms with van der Waals surface area (Å²) in [6, 6.07) is 2.49. The third kappa shape index (κ3) is 3.43. The van der Waals surface area contributed by atoms with Gasteiger partial charge in [-0.2, -0.15) is 0 Å². The Morgan fingerprint density at radius 2 is 1.93 bits per heavy atom. The predicted molar refractivity (Wildman–Crippen MR) is 96.0 cm³/mol. The van der Waals surface area contributed by atoms with Gasteiger partial charge in [-0.15, -0.1) is 0 Å². The Labute approximate surface area is 159 Å². The quantitative estimate of drug-likeness (QED) is 0.449. The molecule has 1 aliphatic heterocycles. The van der Waals surface area contributed by atoms with Gasteiger partial charge in [-0.25, -0.2) is 0 Å². The van der Waals surface area contributed by atoms with Gasteiger partial charge in [0.1, 0.15) is 53.4 Å². The van der Waals surface area contributed by atoms with Crippen LogP contribution in [0.15, 0.2) is 21.3 Å². The number of hydrogen-bond acceptors (Lipinski definition) is 9. The second kappa shape index (κ2) is 7.61. The average molecular weight is 394 g/mol. The molecule has 9 heteroatoms. The Bertz CT molecular complexity index is 964. The minimum atomic E-state index is -1.57. The maximum absolute atomic E-state index is 12.6. The molecule has 0 amide bonds. The van der Waals surface area contributed by atoms with E-state index >= 15 is 0 Å². The van der Waals surface area contributed by atoms with Crippen LogP contribution in [0.2, 0.25) is 0 Å². The number of carbonyl (C=O) groups is 1. The fourth-order valence-electron chi connectivity index (χ4n) is 3.55. The number of ketones is 1. The first-order chi connectivity index (χ1) is 13.1. The number of aliphatic hydroxyl groups excluding tert-OH is 4. The zero-order valence-corrected chi connectivity index (χ0v) is 15.3. The topological polar surface area (TPSA) is 158 Å². The lowest BCUT2D eigenvalue weighted by atomic mass is 9.95. The molecule has 2 aromatic rings. The first kappa shape index (κ1) is 20.4. The lowest BCUT2D eigenvalue weighted by Gasteiger charge is -2.20. The molecule has 0 bridgehead atoms. The summed E-state index contributed by atoms with van der Waals surface area (Å²) >= 11 is 0. The van der Waals surface area contributed by atoms with E-state index in [9.17, 15) is 30.0 Å². The Kier molecular flexibility index (Phi) is 5.55. The van der Waals surface area contributed by atoms with Gasteiger partial charge in [-0.1, -0.05) is 0 Å². The molecule has 0 aliphatic carbocycles. The minimum Gasteiger partial charge on any atom is -0.507 e. The molecule has 0 spiro atoms. The number of aliphatic hydroxyl groups is 4. The molecule has 3 rings (SSSR count). The largest absolute Gasteiger partial charge is 0.507 e. The van der Waals surface area contributed by atoms with E-state index in [1.807, 2.05) is 0 Å². The summed E-state index contributed by atoms with van der Waals surface area (Å²) in [6.07, 6.45) is -7.36. The van der Waals surface area contributed by atoms with Gasteiger partial charge in [0, 0.05) is 6.07 Å². The monoisotopic (exact) mass is 394 g/mol. The van der Waals surface area contributed by atoms with Crippen molar-refractivity contribution in [3.05, 3.63) is 39.2 Å². The van der Waals surface area contributed by atoms with E-state index in [0.717, 1.165) is 0 Å². The van der Waals surface area contributed by atoms with Gasteiger partial charge in [-0.3, -0.25) is 9.59 Å². The molecule has 5 N–H and O–H groups in total. The Morgan fingerprint density at radius 1 is 1.25 bits per heavy atom. The number of ether oxygens (including phenoxy) is 1. The third-order valence-electron chi connectivity index (χ3n) is 4.84. The van der Waals surface area contributed by atoms with Gasteiger partial charge in [0.2, 0.25) is 0 Å². The maximum atomic E-state index is 12.6. The second-order valence-electron chi connectivity index (χ2n) is 7.04. The fourth-order valence-corrected chi connectivity index (χ4v) is 3.55. The van der Waals surface area contributed by atoms with Gasteiger partial charge in [0.15, 0.2) is 5.43 Å². The summed E-state index contributed by atoms with van der Waals surface area (Å²) < 4.78 is 11.2. The van der Waals surface area contributed by atoms with Crippen LogP contribution in [0.5, 0.6) is 5.75 Å². The summed E-state index contributed by atoms with van der Waals surface area (Å²) in [5, 5.41) is 50.1. The molecule has 2 heterocycles. The lowest BCUT2D eigenvalue weighted by molar-refractivity contribution is -0.116. The molecular formula is C19H22O9. The van der Waals surface area contributed by atoms with Crippen molar-refractivity contribution in [2.24, 2.45) is 0 Å². The van der Waals surface area contributed by atoms with Gasteiger partial charge in [0.25, 0.3) is 0 Å². The molecule has 1 aromatic heterocycles. The number of phenolic OH excluding ortho intramolecular Hbond substituents is 1. The molecule has 1 saturated heterocycles. The van der Waals surface area contributed by atoms with Gasteiger partial charge < -0.3 is 34.7 Å². The summed E-state index contributed by atoms with van der Waals surface area (Å²) in [6.45, 7) is 2.21. The van der Waals surface area contributed by atoms with Crippen molar-refractivity contribution in [3.8, 4) is 5.75 Å². The molecule has 1 aromatic carbocycles. The van der Waals surface area contributed by atoms with E-state index in [1.54, 1.807) is 6.92 Å². The molecular weight excluding hydrogens is 372 g/mol. The first-order valence-electron chi connectivity index (χ1n) is 8.74. The highest BCUT2D eigenvalue weighted by molar-refractivity contribution is 5.86. The molecule has 0 unspecified atom stereocenters. The van der Waals surface area contributed by atoms with Crippen molar-refractivity contribution in [2.45, 2.75) is 50.8 Å². The predicted octanol–water partition coefficient (Wildman–Crippen LogP) is -0.547. The van der Waals surface area contributed by atoms with Gasteiger partial charge >= 0.3 is 0 Å². The lowest BCUT2D eigenvalue weighted by Crippen LogP contribution is -2.40. The van der Waals surface area contributed by atoms with Gasteiger partial charge in [-0.05, 0) is 25.5 Å². The van der Waals surface area contributed by atoms with Crippen LogP contribution in [0.3, 0.4) is 0 Å². The zero-order chi connectivity index (χ0) is 20.7. The highest BCUT2D eigenvalue weighted by atomic mass is 16.6. The molecule has 9 nitrogen and oxygen atoms in total. The summed E-state index contributed by atoms with van der Waals surface area (Å²) in [5.74, 6) is -0.501. The summed E-state index contributed by atoms with van der Waals surface area (Å²) in [5.41, 5.74) is -0.172. The number of rotatable bonds is 5. The zero-order valence-electron chi connectivity index (χ0n) is 15.3. The highest BCUT2D eigenvalue weighted by Crippen LogP contribution is 2.42. The van der Waals surface area contributed by atoms with Crippen LogP contribution in [0, 0.1) is 6.92 Å². The maximum Gasteiger partial charge on any atom is 0.193 e. The van der Waals surface area contributed by atoms with Crippen LogP contribution in [0.1, 0.15) is 29.9 Å². The van der Waals surface area contributed by atoms with Gasteiger partial charge in [0.05, 0.1) is 24.0 Å². The number of Topliss-reactive ketones (excluding diaryl/α,β-unsaturated/α-hetero) is 1. The Morgan fingerprint density at radius 3 is 2.54 bits per heavy atom. The molecule has 152 valence electrons. The van der Waals surface area contributed by atoms with Crippen LogP contribution in [0.4, 0.5) is 0 Å². The molecule has 1 fully saturated rings. The van der Waals surface area contributed by atoms with E-state index in [2.05, 4.69) is 0 Å². The van der Waals surface area contributed by atoms with Crippen LogP contribution in [0.25, 0.3) is 11.0 Å². The van der Waals surface area contributed by atoms with Crippen molar-refractivity contribution in [1.82, 2.24) is 0 Å². The van der Waals surface area contributed by atoms with Crippen molar-refractivity contribution >= 4 is 16.8 Å². The normalized spacial score (nSPS) is 25.9. The number of fused-ring (bicyclic) bond motifs is 1. The van der Waals surface area contributed by atoms with Crippen molar-refractivity contribution in [3.63, 3.8) is 0 Å². The molecule has 28 heavy (non-hydrogen) atoms. The fraction of sp³-hybridized carbons (Fsp3) is 0.474. The smallest absolute Gasteiger partial charge is 0.193 e. The number of aryl methyl sites for hydroxylation is 1. The van der Waals surface area contributed by atoms with Crippen molar-refractivity contribution in [1.29, 1.82) is 0 Å². The number of phenols is 1. The van der Waals surface area contributed by atoms with E-state index < -0.39 is 42.6 Å². The second-order valence-corrected chi connectivity index (χ2v) is 7.04. The molecule has 1 aliphatic rings. The van der Waals surface area contributed by atoms with Crippen LogP contribution in [-0.2, 0) is 16.0 Å². The highest BCUT2D eigenvalue weighted by Gasteiger charge is 2.48. The first-order valence-corrected chi connectivity index (χ1v) is 8.74. The molecule has 0 saturated carbocycles. The molecule has 5 atom stereocenters. The SMILES string of the molecule is CC(=O)Cc1cc(=O)c2c(C)cc(O)c([C@H]3O[C@H]([C@H](O)CO)[C@H](O)[C@H]3O)c2o1. The number of hydrogen-bond donors (Lipinski definition) is 5. The van der Waals surface area contributed by atoms with Crippen molar-refractivity contribution in [2.75, 3.05) is 6.61 Å². The number of aromatic hydroxyl groups is 1. The van der Waals surface area contributed by atoms with E-state index in [4.69, 9.17) is 14.3 Å². The van der Waals surface area contributed by atoms with E-state index in [-0.39, 0.29) is 40.2 Å². The minimum absolute atomic E-state index is 0.0726. The summed E-state index contributed by atoms with van der Waals surface area (Å²) in [7, 11) is 0. The van der Waals surface area contributed by atoms with Crippen molar-refractivity contribution < 1.29 is 39.5 Å².